The summed E-state index contributed by atoms with van der Waals surface area (Å²) in [6.07, 6.45) is 6.08. The molecule has 2 aromatic heterocycles. The number of amides is 1. The fourth-order valence-corrected chi connectivity index (χ4v) is 4.36. The molecule has 2 N–H and O–H groups in total. The number of nitrogens with one attached hydrogen (secondary N) is 1. The molecule has 1 amide bonds. The van der Waals surface area contributed by atoms with Crippen LogP contribution in [0, 0.1) is 12.8 Å². The van der Waals surface area contributed by atoms with Gasteiger partial charge >= 0.3 is 5.97 Å². The molecule has 0 saturated heterocycles. The van der Waals surface area contributed by atoms with Crippen molar-refractivity contribution in [3.63, 3.8) is 0 Å². The molecule has 150 valence electrons. The molecule has 0 radical (unpaired) electrons. The number of anilines is 1. The van der Waals surface area contributed by atoms with Crippen molar-refractivity contribution in [3.8, 4) is 0 Å². The van der Waals surface area contributed by atoms with Crippen molar-refractivity contribution in [3.05, 3.63) is 65.6 Å². The van der Waals surface area contributed by atoms with Gasteiger partial charge in [0.25, 0.3) is 5.91 Å². The van der Waals surface area contributed by atoms with Crippen molar-refractivity contribution in [1.29, 1.82) is 0 Å². The monoisotopic (exact) mass is 391 g/mol. The van der Waals surface area contributed by atoms with Crippen LogP contribution in [0.25, 0.3) is 5.65 Å². The molecule has 6 nitrogen and oxygen atoms in total. The fraction of sp³-hybridized carbons (Fsp3) is 0.348. The molecular weight excluding hydrogens is 366 g/mol. The first-order chi connectivity index (χ1) is 14.0. The zero-order chi connectivity index (χ0) is 20.4. The van der Waals surface area contributed by atoms with Crippen LogP contribution >= 0.6 is 0 Å². The van der Waals surface area contributed by atoms with Crippen LogP contribution in [0.3, 0.4) is 0 Å². The second-order valence-electron chi connectivity index (χ2n) is 7.87. The van der Waals surface area contributed by atoms with E-state index in [1.165, 1.54) is 5.56 Å². The Bertz CT molecular complexity index is 1030. The van der Waals surface area contributed by atoms with E-state index in [1.54, 1.807) is 4.40 Å². The van der Waals surface area contributed by atoms with Gasteiger partial charge in [-0.3, -0.25) is 14.0 Å². The van der Waals surface area contributed by atoms with E-state index in [0.717, 1.165) is 37.0 Å². The zero-order valence-corrected chi connectivity index (χ0v) is 16.5. The number of pyridine rings is 1. The normalized spacial score (nSPS) is 19.2. The van der Waals surface area contributed by atoms with Crippen LogP contribution in [-0.2, 0) is 4.79 Å². The number of carboxylic acids is 1. The van der Waals surface area contributed by atoms with Crippen LogP contribution < -0.4 is 5.32 Å². The maximum atomic E-state index is 12.8. The highest BCUT2D eigenvalue weighted by atomic mass is 16.4. The third kappa shape index (κ3) is 4.16. The Labute approximate surface area is 169 Å². The van der Waals surface area contributed by atoms with Crippen LogP contribution in [0.15, 0.2) is 48.7 Å². The number of rotatable bonds is 5. The Morgan fingerprint density at radius 3 is 2.52 bits per heavy atom. The van der Waals surface area contributed by atoms with Gasteiger partial charge in [-0.05, 0) is 74.3 Å². The highest BCUT2D eigenvalue weighted by Crippen LogP contribution is 2.37. The first-order valence-corrected chi connectivity index (χ1v) is 10.1. The number of nitrogens with zero attached hydrogens (tertiary/aromatic N) is 2. The summed E-state index contributed by atoms with van der Waals surface area (Å²) in [6, 6.07) is 13.7. The molecule has 0 spiro atoms. The summed E-state index contributed by atoms with van der Waals surface area (Å²) >= 11 is 0. The van der Waals surface area contributed by atoms with Gasteiger partial charge in [-0.25, -0.2) is 4.98 Å². The van der Waals surface area contributed by atoms with Crippen molar-refractivity contribution >= 4 is 23.2 Å². The van der Waals surface area contributed by atoms with E-state index in [4.69, 9.17) is 5.11 Å². The third-order valence-corrected chi connectivity index (χ3v) is 5.87. The Kier molecular flexibility index (Phi) is 5.34. The van der Waals surface area contributed by atoms with E-state index in [9.17, 15) is 9.59 Å². The molecule has 3 aromatic rings. The van der Waals surface area contributed by atoms with E-state index >= 15 is 0 Å². The van der Waals surface area contributed by atoms with Gasteiger partial charge in [-0.2, -0.15) is 0 Å². The third-order valence-electron chi connectivity index (χ3n) is 5.87. The molecule has 0 atom stereocenters. The second kappa shape index (κ2) is 8.07. The second-order valence-corrected chi connectivity index (χ2v) is 7.87. The van der Waals surface area contributed by atoms with Gasteiger partial charge in [0.05, 0.1) is 5.69 Å². The van der Waals surface area contributed by atoms with Crippen LogP contribution in [0.2, 0.25) is 0 Å². The van der Waals surface area contributed by atoms with Crippen LogP contribution in [-0.4, -0.2) is 26.4 Å². The molecule has 1 saturated carbocycles. The van der Waals surface area contributed by atoms with Gasteiger partial charge in [-0.1, -0.05) is 18.2 Å². The number of aliphatic carboxylic acids is 1. The van der Waals surface area contributed by atoms with Crippen molar-refractivity contribution in [2.75, 3.05) is 5.32 Å². The Hall–Kier alpha value is -3.15. The van der Waals surface area contributed by atoms with Gasteiger partial charge in [0.2, 0.25) is 0 Å². The predicted molar refractivity (Wildman–Crippen MR) is 111 cm³/mol. The predicted octanol–water partition coefficient (Wildman–Crippen LogP) is 4.64. The number of aryl methyl sites for hydroxylation is 1. The van der Waals surface area contributed by atoms with Crippen molar-refractivity contribution in [2.24, 2.45) is 5.92 Å². The average molecular weight is 391 g/mol. The summed E-state index contributed by atoms with van der Waals surface area (Å²) in [5.41, 5.74) is 4.00. The number of carboxylic acid groups (broad SMARTS) is 1. The molecule has 29 heavy (non-hydrogen) atoms. The topological polar surface area (TPSA) is 83.7 Å². The minimum Gasteiger partial charge on any atom is -0.481 e. The lowest BCUT2D eigenvalue weighted by atomic mass is 9.77. The largest absolute Gasteiger partial charge is 0.481 e. The maximum absolute atomic E-state index is 12.8. The highest BCUT2D eigenvalue weighted by molar-refractivity contribution is 6.04. The number of aromatic nitrogens is 2. The maximum Gasteiger partial charge on any atom is 0.303 e. The minimum absolute atomic E-state index is 0.178. The first kappa shape index (κ1) is 19.2. The molecule has 6 heteroatoms. The summed E-state index contributed by atoms with van der Waals surface area (Å²) in [5.74, 6) is -0.111. The summed E-state index contributed by atoms with van der Waals surface area (Å²) in [5, 5.41) is 11.9. The number of fused-ring (bicyclic) bond motifs is 1. The highest BCUT2D eigenvalue weighted by Gasteiger charge is 2.24. The molecular formula is C23H25N3O3. The van der Waals surface area contributed by atoms with E-state index < -0.39 is 5.97 Å². The number of carbonyl (C=O) groups is 2. The van der Waals surface area contributed by atoms with Crippen molar-refractivity contribution in [2.45, 2.75) is 44.9 Å². The molecule has 1 fully saturated rings. The van der Waals surface area contributed by atoms with Crippen molar-refractivity contribution in [1.82, 2.24) is 9.38 Å². The molecule has 4 rings (SSSR count). The van der Waals surface area contributed by atoms with Crippen LogP contribution in [0.4, 0.5) is 5.69 Å². The van der Waals surface area contributed by atoms with E-state index in [2.05, 4.69) is 22.4 Å². The molecule has 1 aliphatic rings. The van der Waals surface area contributed by atoms with Gasteiger partial charge in [0.15, 0.2) is 0 Å². The van der Waals surface area contributed by atoms with Gasteiger partial charge in [0.1, 0.15) is 11.3 Å². The molecule has 0 aliphatic heterocycles. The average Bonchev–Trinajstić information content (AvgIpc) is 3.04. The summed E-state index contributed by atoms with van der Waals surface area (Å²) in [6.45, 7) is 1.84. The Morgan fingerprint density at radius 2 is 1.83 bits per heavy atom. The fourth-order valence-electron chi connectivity index (χ4n) is 4.36. The number of benzene rings is 1. The van der Waals surface area contributed by atoms with E-state index in [1.807, 2.05) is 43.5 Å². The van der Waals surface area contributed by atoms with Gasteiger partial charge in [0, 0.05) is 18.3 Å². The number of carbonyl (C=O) groups excluding carboxylic acids is 1. The summed E-state index contributed by atoms with van der Waals surface area (Å²) < 4.78 is 1.80. The molecule has 0 unspecified atom stereocenters. The SMILES string of the molecule is Cc1nc2ccccn2c1C(=O)Nc1ccc(C2CCC(CC(=O)O)CC2)cc1. The minimum atomic E-state index is -0.699. The Balaban J connectivity index is 1.41. The lowest BCUT2D eigenvalue weighted by Gasteiger charge is -2.28. The smallest absolute Gasteiger partial charge is 0.303 e. The molecule has 0 bridgehead atoms. The van der Waals surface area contributed by atoms with Crippen LogP contribution in [0.5, 0.6) is 0 Å². The molecule has 1 aromatic carbocycles. The summed E-state index contributed by atoms with van der Waals surface area (Å²) in [7, 11) is 0. The summed E-state index contributed by atoms with van der Waals surface area (Å²) in [4.78, 5) is 28.1. The number of hydrogen-bond donors (Lipinski definition) is 2. The quantitative estimate of drug-likeness (QED) is 0.663. The van der Waals surface area contributed by atoms with Crippen LogP contribution in [0.1, 0.15) is 59.8 Å². The zero-order valence-electron chi connectivity index (χ0n) is 16.5. The van der Waals surface area contributed by atoms with Gasteiger partial charge < -0.3 is 10.4 Å². The van der Waals surface area contributed by atoms with Crippen molar-refractivity contribution < 1.29 is 14.7 Å². The lowest BCUT2D eigenvalue weighted by molar-refractivity contribution is -0.138. The van der Waals surface area contributed by atoms with E-state index in [0.29, 0.717) is 23.2 Å². The van der Waals surface area contributed by atoms with E-state index in [-0.39, 0.29) is 12.3 Å². The number of hydrogen-bond acceptors (Lipinski definition) is 3. The lowest BCUT2D eigenvalue weighted by Crippen LogP contribution is -2.17. The standard InChI is InChI=1S/C23H25N3O3/c1-15-22(26-13-3-2-4-20(26)24-15)23(29)25-19-11-9-18(10-12-19)17-7-5-16(6-8-17)14-21(27)28/h2-4,9-13,16-17H,5-8,14H2,1H3,(H,25,29)(H,27,28). The number of imidazole rings is 1. The molecule has 2 heterocycles. The van der Waals surface area contributed by atoms with Gasteiger partial charge in [-0.15, -0.1) is 0 Å². The first-order valence-electron chi connectivity index (χ1n) is 10.1. The Morgan fingerprint density at radius 1 is 1.10 bits per heavy atom. The molecule has 1 aliphatic carbocycles.